The van der Waals surface area contributed by atoms with Crippen LogP contribution in [0, 0.1) is 0 Å². The third-order valence-corrected chi connectivity index (χ3v) is 3.86. The molecule has 0 radical (unpaired) electrons. The van der Waals surface area contributed by atoms with Gasteiger partial charge in [-0.05, 0) is 23.3 Å². The summed E-state index contributed by atoms with van der Waals surface area (Å²) in [5, 5.41) is 0. The third-order valence-electron chi connectivity index (χ3n) is 3.86. The van der Waals surface area contributed by atoms with Gasteiger partial charge in [0.15, 0.2) is 5.58 Å². The van der Waals surface area contributed by atoms with Gasteiger partial charge < -0.3 is 9.84 Å². The van der Waals surface area contributed by atoms with Crippen LogP contribution in [0.3, 0.4) is 0 Å². The topological polar surface area (TPSA) is 50.1 Å². The summed E-state index contributed by atoms with van der Waals surface area (Å²) in [4.78, 5) is 4.39. The highest BCUT2D eigenvalue weighted by Crippen LogP contribution is 2.22. The quantitative estimate of drug-likeness (QED) is 0.515. The first-order valence-electron chi connectivity index (χ1n) is 8.08. The molecule has 0 saturated heterocycles. The number of hydrogen-bond donors (Lipinski definition) is 2. The molecule has 4 nitrogen and oxygen atoms in total. The fourth-order valence-electron chi connectivity index (χ4n) is 2.66. The van der Waals surface area contributed by atoms with Gasteiger partial charge in [0.25, 0.3) is 0 Å². The lowest BCUT2D eigenvalue weighted by molar-refractivity contribution is 0.609. The molecule has 4 heteroatoms. The second kappa shape index (κ2) is 6.93. The molecule has 1 aromatic heterocycles. The Bertz CT molecular complexity index is 917. The number of fused-ring (bicyclic) bond motifs is 1. The van der Waals surface area contributed by atoms with Crippen LogP contribution in [-0.4, -0.2) is 4.98 Å². The van der Waals surface area contributed by atoms with Crippen LogP contribution in [-0.2, 0) is 0 Å². The van der Waals surface area contributed by atoms with Gasteiger partial charge in [-0.2, -0.15) is 4.98 Å². The molecule has 3 aromatic carbocycles. The molecule has 25 heavy (non-hydrogen) atoms. The maximum atomic E-state index is 5.65. The summed E-state index contributed by atoms with van der Waals surface area (Å²) < 4.78 is 5.65. The Morgan fingerprint density at radius 3 is 2.00 bits per heavy atom. The Hall–Kier alpha value is -3.53. The molecule has 0 fully saturated rings. The summed E-state index contributed by atoms with van der Waals surface area (Å²) >= 11 is 0. The highest BCUT2D eigenvalue weighted by Gasteiger charge is 2.05. The molecular formula is C21H17N3O. The molecule has 4 aromatic rings. The highest BCUT2D eigenvalue weighted by atomic mass is 16.4. The summed E-state index contributed by atoms with van der Waals surface area (Å²) in [6.07, 6.45) is 1.92. The van der Waals surface area contributed by atoms with Crippen LogP contribution in [0.2, 0.25) is 0 Å². The minimum absolute atomic E-state index is 0.429. The number of rotatable bonds is 5. The van der Waals surface area contributed by atoms with E-state index in [1.165, 1.54) is 0 Å². The largest absolute Gasteiger partial charge is 0.422 e. The monoisotopic (exact) mass is 327 g/mol. The van der Waals surface area contributed by atoms with Gasteiger partial charge >= 0.3 is 6.01 Å². The Morgan fingerprint density at radius 1 is 0.760 bits per heavy atom. The first-order valence-corrected chi connectivity index (χ1v) is 8.08. The zero-order chi connectivity index (χ0) is 16.9. The van der Waals surface area contributed by atoms with Crippen molar-refractivity contribution in [1.82, 2.24) is 10.4 Å². The highest BCUT2D eigenvalue weighted by molar-refractivity contribution is 5.79. The normalized spacial score (nSPS) is 10.4. The van der Waals surface area contributed by atoms with Crippen LogP contribution in [0.5, 0.6) is 0 Å². The van der Waals surface area contributed by atoms with Crippen molar-refractivity contribution >= 4 is 22.7 Å². The number of hydrazine groups is 1. The van der Waals surface area contributed by atoms with Gasteiger partial charge in [-0.15, -0.1) is 0 Å². The van der Waals surface area contributed by atoms with E-state index in [9.17, 15) is 0 Å². The second-order valence-corrected chi connectivity index (χ2v) is 5.55. The van der Waals surface area contributed by atoms with E-state index in [2.05, 4.69) is 40.1 Å². The SMILES string of the molecule is C(NNc1nc2ccccc2o1)=C(c1ccccc1)c1ccccc1. The van der Waals surface area contributed by atoms with Crippen molar-refractivity contribution in [2.75, 3.05) is 5.43 Å². The van der Waals surface area contributed by atoms with E-state index >= 15 is 0 Å². The molecule has 0 saturated carbocycles. The van der Waals surface area contributed by atoms with Gasteiger partial charge in [0.2, 0.25) is 0 Å². The molecule has 122 valence electrons. The van der Waals surface area contributed by atoms with Crippen LogP contribution >= 0.6 is 0 Å². The van der Waals surface area contributed by atoms with Crippen molar-refractivity contribution in [1.29, 1.82) is 0 Å². The molecule has 0 aliphatic rings. The molecule has 2 N–H and O–H groups in total. The minimum Gasteiger partial charge on any atom is -0.422 e. The predicted molar refractivity (Wildman–Crippen MR) is 101 cm³/mol. The first-order chi connectivity index (χ1) is 12.4. The van der Waals surface area contributed by atoms with Gasteiger partial charge in [0.1, 0.15) is 5.52 Å². The van der Waals surface area contributed by atoms with Crippen molar-refractivity contribution in [3.05, 3.63) is 102 Å². The number of benzene rings is 3. The van der Waals surface area contributed by atoms with Crippen LogP contribution in [0.4, 0.5) is 6.01 Å². The average Bonchev–Trinajstić information content (AvgIpc) is 3.09. The van der Waals surface area contributed by atoms with Crippen LogP contribution in [0.1, 0.15) is 11.1 Å². The van der Waals surface area contributed by atoms with E-state index in [0.717, 1.165) is 27.8 Å². The standard InChI is InChI=1S/C21H17N3O/c1-3-9-16(10-4-1)18(17-11-5-2-6-12-17)15-22-24-21-23-19-13-7-8-14-20(19)25-21/h1-15,22H,(H,23,24). The summed E-state index contributed by atoms with van der Waals surface area (Å²) in [5.41, 5.74) is 11.0. The number of oxazole rings is 1. The Morgan fingerprint density at radius 2 is 1.36 bits per heavy atom. The van der Waals surface area contributed by atoms with Gasteiger partial charge in [-0.25, -0.2) is 0 Å². The Labute approximate surface area is 145 Å². The van der Waals surface area contributed by atoms with E-state index in [1.807, 2.05) is 66.9 Å². The summed E-state index contributed by atoms with van der Waals surface area (Å²) in [7, 11) is 0. The van der Waals surface area contributed by atoms with Crippen LogP contribution in [0.15, 0.2) is 95.5 Å². The Balaban J connectivity index is 1.59. The Kier molecular flexibility index (Phi) is 4.16. The fraction of sp³-hybridized carbons (Fsp3) is 0. The van der Waals surface area contributed by atoms with Crippen molar-refractivity contribution in [3.63, 3.8) is 0 Å². The number of nitrogens with zero attached hydrogens (tertiary/aromatic N) is 1. The molecule has 0 aliphatic carbocycles. The summed E-state index contributed by atoms with van der Waals surface area (Å²) in [5.74, 6) is 0. The third kappa shape index (κ3) is 3.38. The first kappa shape index (κ1) is 15.0. The zero-order valence-electron chi connectivity index (χ0n) is 13.5. The minimum atomic E-state index is 0.429. The molecule has 0 spiro atoms. The lowest BCUT2D eigenvalue weighted by Crippen LogP contribution is -2.15. The van der Waals surface area contributed by atoms with E-state index in [-0.39, 0.29) is 0 Å². The van der Waals surface area contributed by atoms with E-state index < -0.39 is 0 Å². The number of anilines is 1. The summed E-state index contributed by atoms with van der Waals surface area (Å²) in [6.45, 7) is 0. The van der Waals surface area contributed by atoms with Crippen molar-refractivity contribution in [2.24, 2.45) is 0 Å². The van der Waals surface area contributed by atoms with E-state index in [1.54, 1.807) is 0 Å². The van der Waals surface area contributed by atoms with Gasteiger partial charge in [-0.3, -0.25) is 5.43 Å². The van der Waals surface area contributed by atoms with E-state index in [0.29, 0.717) is 6.01 Å². The predicted octanol–water partition coefficient (Wildman–Crippen LogP) is 4.83. The molecule has 0 atom stereocenters. The molecule has 4 rings (SSSR count). The molecule has 0 unspecified atom stereocenters. The smallest absolute Gasteiger partial charge is 0.314 e. The lowest BCUT2D eigenvalue weighted by Gasteiger charge is -2.09. The molecule has 0 aliphatic heterocycles. The number of para-hydroxylation sites is 2. The maximum Gasteiger partial charge on any atom is 0.314 e. The van der Waals surface area contributed by atoms with Gasteiger partial charge in [0, 0.05) is 11.8 Å². The van der Waals surface area contributed by atoms with Crippen LogP contribution < -0.4 is 10.9 Å². The molecule has 0 bridgehead atoms. The van der Waals surface area contributed by atoms with Crippen molar-refractivity contribution < 1.29 is 4.42 Å². The number of hydrogen-bond acceptors (Lipinski definition) is 4. The van der Waals surface area contributed by atoms with E-state index in [4.69, 9.17) is 4.42 Å². The summed E-state index contributed by atoms with van der Waals surface area (Å²) in [6, 6.07) is 28.6. The molecule has 1 heterocycles. The van der Waals surface area contributed by atoms with Crippen molar-refractivity contribution in [3.8, 4) is 0 Å². The average molecular weight is 327 g/mol. The zero-order valence-corrected chi connectivity index (χ0v) is 13.5. The van der Waals surface area contributed by atoms with Gasteiger partial charge in [-0.1, -0.05) is 72.8 Å². The fourth-order valence-corrected chi connectivity index (χ4v) is 2.66. The number of aromatic nitrogens is 1. The van der Waals surface area contributed by atoms with Gasteiger partial charge in [0.05, 0.1) is 0 Å². The molecular weight excluding hydrogens is 310 g/mol. The van der Waals surface area contributed by atoms with Crippen molar-refractivity contribution in [2.45, 2.75) is 0 Å². The second-order valence-electron chi connectivity index (χ2n) is 5.55. The lowest BCUT2D eigenvalue weighted by atomic mass is 9.99. The maximum absolute atomic E-state index is 5.65. The van der Waals surface area contributed by atoms with Crippen LogP contribution in [0.25, 0.3) is 16.7 Å². The number of nitrogens with one attached hydrogen (secondary N) is 2. The molecule has 0 amide bonds.